The maximum absolute atomic E-state index is 13.4. The molecule has 2 aliphatic rings. The third-order valence-corrected chi connectivity index (χ3v) is 7.58. The van der Waals surface area contributed by atoms with Crippen molar-refractivity contribution in [3.05, 3.63) is 54.9 Å². The van der Waals surface area contributed by atoms with Crippen LogP contribution in [0.25, 0.3) is 10.8 Å². The molecule has 1 saturated heterocycles. The Labute approximate surface area is 185 Å². The Balaban J connectivity index is 1.30. The van der Waals surface area contributed by atoms with Gasteiger partial charge in [0.25, 0.3) is 0 Å². The van der Waals surface area contributed by atoms with Crippen LogP contribution in [0.1, 0.15) is 6.42 Å². The second kappa shape index (κ2) is 8.29. The van der Waals surface area contributed by atoms with Crippen LogP contribution in [0, 0.1) is 0 Å². The molecule has 0 unspecified atom stereocenters. The number of ether oxygens (including phenoxy) is 2. The first-order valence-electron chi connectivity index (χ1n) is 10.3. The van der Waals surface area contributed by atoms with Gasteiger partial charge in [0, 0.05) is 61.1 Å². The first-order chi connectivity index (χ1) is 15.5. The molecule has 2 amide bonds. The van der Waals surface area contributed by atoms with Gasteiger partial charge in [-0.2, -0.15) is 4.31 Å². The van der Waals surface area contributed by atoms with Crippen LogP contribution in [0.3, 0.4) is 0 Å². The molecule has 2 aliphatic heterocycles. The maximum Gasteiger partial charge on any atom is 0.321 e. The number of amides is 2. The average Bonchev–Trinajstić information content (AvgIpc) is 3.11. The third kappa shape index (κ3) is 3.82. The number of anilines is 1. The number of sulfonamides is 1. The summed E-state index contributed by atoms with van der Waals surface area (Å²) in [6.07, 6.45) is 3.78. The van der Waals surface area contributed by atoms with E-state index in [1.165, 1.54) is 4.31 Å². The van der Waals surface area contributed by atoms with E-state index in [9.17, 15) is 13.2 Å². The molecule has 0 spiro atoms. The molecule has 166 valence electrons. The van der Waals surface area contributed by atoms with Gasteiger partial charge in [0.05, 0.1) is 4.90 Å². The lowest BCUT2D eigenvalue weighted by Crippen LogP contribution is -2.39. The zero-order valence-electron chi connectivity index (χ0n) is 17.2. The molecule has 1 aromatic heterocycles. The number of urea groups is 1. The van der Waals surface area contributed by atoms with Crippen LogP contribution < -0.4 is 14.8 Å². The highest BCUT2D eigenvalue weighted by Gasteiger charge is 2.29. The zero-order chi connectivity index (χ0) is 22.1. The predicted molar refractivity (Wildman–Crippen MR) is 118 cm³/mol. The summed E-state index contributed by atoms with van der Waals surface area (Å²) in [6.45, 7) is 1.48. The molecule has 5 rings (SSSR count). The minimum Gasteiger partial charge on any atom is -0.454 e. The van der Waals surface area contributed by atoms with Gasteiger partial charge in [0.15, 0.2) is 11.5 Å². The molecule has 9 nitrogen and oxygen atoms in total. The smallest absolute Gasteiger partial charge is 0.321 e. The highest BCUT2D eigenvalue weighted by molar-refractivity contribution is 7.89. The highest BCUT2D eigenvalue weighted by Crippen LogP contribution is 2.34. The first kappa shape index (κ1) is 20.5. The SMILES string of the molecule is O=C(Nc1ccc2c(c1)OCO2)N1CCCN(S(=O)(=O)c2cccc3cnccc23)CC1. The molecule has 0 saturated carbocycles. The van der Waals surface area contributed by atoms with Gasteiger partial charge in [-0.05, 0) is 30.7 Å². The van der Waals surface area contributed by atoms with Crippen LogP contribution in [0.4, 0.5) is 10.5 Å². The minimum absolute atomic E-state index is 0.163. The van der Waals surface area contributed by atoms with Crippen molar-refractivity contribution >= 4 is 32.5 Å². The van der Waals surface area contributed by atoms with Crippen LogP contribution in [0.2, 0.25) is 0 Å². The standard InChI is InChI=1S/C22H22N4O5S/c27-22(24-17-5-6-19-20(13-17)31-15-30-19)25-9-2-10-26(12-11-25)32(28,29)21-4-1-3-16-14-23-8-7-18(16)21/h1,3-8,13-14H,2,9-12,15H2,(H,24,27). The fourth-order valence-electron chi connectivity index (χ4n) is 3.97. The summed E-state index contributed by atoms with van der Waals surface area (Å²) in [6, 6.07) is 11.8. The summed E-state index contributed by atoms with van der Waals surface area (Å²) in [5.41, 5.74) is 0.595. The van der Waals surface area contributed by atoms with E-state index in [0.717, 1.165) is 5.39 Å². The van der Waals surface area contributed by atoms with Crippen LogP contribution in [-0.2, 0) is 10.0 Å². The van der Waals surface area contributed by atoms with E-state index in [1.54, 1.807) is 53.7 Å². The van der Waals surface area contributed by atoms with E-state index in [4.69, 9.17) is 9.47 Å². The molecule has 0 bridgehead atoms. The Bertz CT molecular complexity index is 1280. The van der Waals surface area contributed by atoms with E-state index < -0.39 is 10.0 Å². The number of benzene rings is 2. The van der Waals surface area contributed by atoms with Crippen molar-refractivity contribution < 1.29 is 22.7 Å². The normalized spacial score (nSPS) is 16.7. The number of hydrogen-bond donors (Lipinski definition) is 1. The monoisotopic (exact) mass is 454 g/mol. The molecule has 2 aromatic carbocycles. The second-order valence-electron chi connectivity index (χ2n) is 7.60. The summed E-state index contributed by atoms with van der Waals surface area (Å²) in [4.78, 5) is 18.8. The molecule has 0 atom stereocenters. The number of carbonyl (C=O) groups excluding carboxylic acids is 1. The van der Waals surface area contributed by atoms with Gasteiger partial charge in [-0.1, -0.05) is 12.1 Å². The Morgan fingerprint density at radius 2 is 1.88 bits per heavy atom. The van der Waals surface area contributed by atoms with Crippen molar-refractivity contribution in [1.82, 2.24) is 14.2 Å². The van der Waals surface area contributed by atoms with E-state index >= 15 is 0 Å². The maximum atomic E-state index is 13.4. The number of carbonyl (C=O) groups is 1. The largest absolute Gasteiger partial charge is 0.454 e. The first-order valence-corrected chi connectivity index (χ1v) is 11.7. The van der Waals surface area contributed by atoms with Crippen molar-refractivity contribution in [3.8, 4) is 11.5 Å². The van der Waals surface area contributed by atoms with Crippen LogP contribution in [-0.4, -0.2) is 61.6 Å². The molecule has 0 aliphatic carbocycles. The quantitative estimate of drug-likeness (QED) is 0.653. The molecule has 10 heteroatoms. The number of aromatic nitrogens is 1. The lowest BCUT2D eigenvalue weighted by molar-refractivity contribution is 0.174. The van der Waals surface area contributed by atoms with E-state index in [2.05, 4.69) is 10.3 Å². The molecule has 0 radical (unpaired) electrons. The molecule has 3 aromatic rings. The Kier molecular flexibility index (Phi) is 5.32. The Morgan fingerprint density at radius 1 is 1.00 bits per heavy atom. The van der Waals surface area contributed by atoms with E-state index in [-0.39, 0.29) is 24.3 Å². The van der Waals surface area contributed by atoms with E-state index in [0.29, 0.717) is 48.6 Å². The minimum atomic E-state index is -3.71. The van der Waals surface area contributed by atoms with Gasteiger partial charge < -0.3 is 19.7 Å². The number of nitrogens with one attached hydrogen (secondary N) is 1. The summed E-state index contributed by atoms with van der Waals surface area (Å²) < 4.78 is 38.9. The molecule has 1 N–H and O–H groups in total. The summed E-state index contributed by atoms with van der Waals surface area (Å²) in [7, 11) is -3.71. The van der Waals surface area contributed by atoms with Gasteiger partial charge >= 0.3 is 6.03 Å². The molecule has 32 heavy (non-hydrogen) atoms. The summed E-state index contributed by atoms with van der Waals surface area (Å²) in [5.74, 6) is 1.23. The fraction of sp³-hybridized carbons (Fsp3) is 0.273. The molecule has 3 heterocycles. The molecule has 1 fully saturated rings. The van der Waals surface area contributed by atoms with Crippen molar-refractivity contribution in [2.24, 2.45) is 0 Å². The lowest BCUT2D eigenvalue weighted by atomic mass is 10.2. The van der Waals surface area contributed by atoms with Crippen molar-refractivity contribution in [2.75, 3.05) is 38.3 Å². The molecular weight excluding hydrogens is 432 g/mol. The Morgan fingerprint density at radius 3 is 2.78 bits per heavy atom. The Hall–Kier alpha value is -3.37. The molecular formula is C22H22N4O5S. The predicted octanol–water partition coefficient (Wildman–Crippen LogP) is 2.89. The van der Waals surface area contributed by atoms with Crippen LogP contribution >= 0.6 is 0 Å². The van der Waals surface area contributed by atoms with Crippen molar-refractivity contribution in [1.29, 1.82) is 0 Å². The summed E-state index contributed by atoms with van der Waals surface area (Å²) >= 11 is 0. The van der Waals surface area contributed by atoms with Gasteiger partial charge in [0.2, 0.25) is 16.8 Å². The summed E-state index contributed by atoms with van der Waals surface area (Å²) in [5, 5.41) is 4.27. The van der Waals surface area contributed by atoms with E-state index in [1.807, 2.05) is 6.07 Å². The second-order valence-corrected chi connectivity index (χ2v) is 9.50. The van der Waals surface area contributed by atoms with Crippen molar-refractivity contribution in [2.45, 2.75) is 11.3 Å². The fourth-order valence-corrected chi connectivity index (χ4v) is 5.65. The van der Waals surface area contributed by atoms with Gasteiger partial charge in [-0.25, -0.2) is 13.2 Å². The van der Waals surface area contributed by atoms with Gasteiger partial charge in [-0.15, -0.1) is 0 Å². The highest BCUT2D eigenvalue weighted by atomic mass is 32.2. The third-order valence-electron chi connectivity index (χ3n) is 5.62. The van der Waals surface area contributed by atoms with Crippen molar-refractivity contribution in [3.63, 3.8) is 0 Å². The van der Waals surface area contributed by atoms with Gasteiger partial charge in [-0.3, -0.25) is 4.98 Å². The lowest BCUT2D eigenvalue weighted by Gasteiger charge is -2.22. The topological polar surface area (TPSA) is 101 Å². The number of rotatable bonds is 3. The number of hydrogen-bond acceptors (Lipinski definition) is 6. The number of pyridine rings is 1. The number of fused-ring (bicyclic) bond motifs is 2. The zero-order valence-corrected chi connectivity index (χ0v) is 18.0. The van der Waals surface area contributed by atoms with Crippen LogP contribution in [0.15, 0.2) is 59.8 Å². The van der Waals surface area contributed by atoms with Crippen LogP contribution in [0.5, 0.6) is 11.5 Å². The average molecular weight is 455 g/mol. The van der Waals surface area contributed by atoms with Gasteiger partial charge in [0.1, 0.15) is 0 Å². The number of nitrogens with zero attached hydrogens (tertiary/aromatic N) is 3.